The smallest absolute Gasteiger partial charge is 0.329 e. The average molecular weight is 230 g/mol. The standard InChI is InChI=1S/C10H18N2O4/c1-10(16-5-9(14)15)6-12(7-10)8(13)3-2-4-11/h2-7,11H2,1H3,(H,14,15). The zero-order valence-electron chi connectivity index (χ0n) is 9.44. The molecule has 0 aromatic carbocycles. The summed E-state index contributed by atoms with van der Waals surface area (Å²) in [6, 6.07) is 0. The Morgan fingerprint density at radius 2 is 2.12 bits per heavy atom. The van der Waals surface area contributed by atoms with Crippen molar-refractivity contribution in [2.24, 2.45) is 5.73 Å². The first kappa shape index (κ1) is 12.9. The van der Waals surface area contributed by atoms with Gasteiger partial charge in [0.05, 0.1) is 13.1 Å². The Hall–Kier alpha value is -1.14. The van der Waals surface area contributed by atoms with Crippen LogP contribution >= 0.6 is 0 Å². The lowest BCUT2D eigenvalue weighted by molar-refractivity contribution is -0.173. The van der Waals surface area contributed by atoms with Crippen LogP contribution in [0.5, 0.6) is 0 Å². The van der Waals surface area contributed by atoms with Crippen LogP contribution in [-0.4, -0.2) is 53.7 Å². The minimum Gasteiger partial charge on any atom is -0.480 e. The van der Waals surface area contributed by atoms with E-state index in [-0.39, 0.29) is 12.5 Å². The predicted octanol–water partition coefficient (Wildman–Crippen LogP) is -0.573. The van der Waals surface area contributed by atoms with Crippen LogP contribution in [0.25, 0.3) is 0 Å². The van der Waals surface area contributed by atoms with Crippen LogP contribution in [0.15, 0.2) is 0 Å². The van der Waals surface area contributed by atoms with Crippen LogP contribution in [0.4, 0.5) is 0 Å². The van der Waals surface area contributed by atoms with E-state index in [1.165, 1.54) is 0 Å². The number of likely N-dealkylation sites (tertiary alicyclic amines) is 1. The minimum absolute atomic E-state index is 0.0573. The fourth-order valence-corrected chi connectivity index (χ4v) is 1.68. The molecule has 0 saturated carbocycles. The lowest BCUT2D eigenvalue weighted by Gasteiger charge is -2.47. The molecule has 0 spiro atoms. The summed E-state index contributed by atoms with van der Waals surface area (Å²) >= 11 is 0. The second-order valence-corrected chi connectivity index (χ2v) is 4.27. The molecule has 0 bridgehead atoms. The van der Waals surface area contributed by atoms with Crippen molar-refractivity contribution in [2.75, 3.05) is 26.2 Å². The Bertz CT molecular complexity index is 274. The van der Waals surface area contributed by atoms with E-state index in [1.807, 2.05) is 6.92 Å². The molecule has 1 saturated heterocycles. The zero-order valence-corrected chi connectivity index (χ0v) is 9.44. The molecule has 6 nitrogen and oxygen atoms in total. The molecule has 0 aromatic heterocycles. The third-order valence-electron chi connectivity index (χ3n) is 2.54. The van der Waals surface area contributed by atoms with Crippen molar-refractivity contribution in [2.45, 2.75) is 25.4 Å². The Morgan fingerprint density at radius 1 is 1.50 bits per heavy atom. The number of rotatable bonds is 6. The molecular weight excluding hydrogens is 212 g/mol. The molecule has 0 atom stereocenters. The molecule has 16 heavy (non-hydrogen) atoms. The minimum atomic E-state index is -0.992. The van der Waals surface area contributed by atoms with Gasteiger partial charge in [0.25, 0.3) is 0 Å². The number of carbonyl (C=O) groups is 2. The number of carboxylic acid groups (broad SMARTS) is 1. The highest BCUT2D eigenvalue weighted by Gasteiger charge is 2.42. The van der Waals surface area contributed by atoms with Crippen LogP contribution in [-0.2, 0) is 14.3 Å². The van der Waals surface area contributed by atoms with Crippen molar-refractivity contribution >= 4 is 11.9 Å². The third kappa shape index (κ3) is 3.46. The first-order valence-corrected chi connectivity index (χ1v) is 5.30. The number of aliphatic carboxylic acids is 1. The van der Waals surface area contributed by atoms with Crippen molar-refractivity contribution in [3.8, 4) is 0 Å². The molecule has 3 N–H and O–H groups in total. The summed E-state index contributed by atoms with van der Waals surface area (Å²) in [5.74, 6) is -0.934. The van der Waals surface area contributed by atoms with Gasteiger partial charge in [-0.05, 0) is 19.9 Å². The number of nitrogens with two attached hydrogens (primary N) is 1. The van der Waals surface area contributed by atoms with Crippen molar-refractivity contribution in [3.63, 3.8) is 0 Å². The molecule has 1 heterocycles. The Labute approximate surface area is 94.3 Å². The highest BCUT2D eigenvalue weighted by atomic mass is 16.5. The maximum atomic E-state index is 11.5. The molecule has 1 aliphatic heterocycles. The van der Waals surface area contributed by atoms with Crippen LogP contribution in [0, 0.1) is 0 Å². The van der Waals surface area contributed by atoms with Gasteiger partial charge in [-0.3, -0.25) is 4.79 Å². The second kappa shape index (κ2) is 5.27. The van der Waals surface area contributed by atoms with Crippen LogP contribution in [0.3, 0.4) is 0 Å². The van der Waals surface area contributed by atoms with Gasteiger partial charge >= 0.3 is 5.97 Å². The number of nitrogens with zero attached hydrogens (tertiary/aromatic N) is 1. The molecule has 0 aliphatic carbocycles. The van der Waals surface area contributed by atoms with Gasteiger partial charge < -0.3 is 20.5 Å². The number of amides is 1. The van der Waals surface area contributed by atoms with E-state index < -0.39 is 11.6 Å². The SMILES string of the molecule is CC1(OCC(=O)O)CN(C(=O)CCCN)C1. The number of hydrogen-bond acceptors (Lipinski definition) is 4. The largest absolute Gasteiger partial charge is 0.480 e. The van der Waals surface area contributed by atoms with Gasteiger partial charge in [0.2, 0.25) is 5.91 Å². The summed E-state index contributed by atoms with van der Waals surface area (Å²) in [7, 11) is 0. The first-order valence-electron chi connectivity index (χ1n) is 5.30. The van der Waals surface area contributed by atoms with Crippen LogP contribution in [0.2, 0.25) is 0 Å². The Kier molecular flexibility index (Phi) is 4.26. The second-order valence-electron chi connectivity index (χ2n) is 4.27. The third-order valence-corrected chi connectivity index (χ3v) is 2.54. The van der Waals surface area contributed by atoms with Crippen molar-refractivity contribution in [1.29, 1.82) is 0 Å². The summed E-state index contributed by atoms with van der Waals surface area (Å²) in [5.41, 5.74) is 4.81. The molecule has 1 amide bonds. The van der Waals surface area contributed by atoms with Crippen molar-refractivity contribution in [3.05, 3.63) is 0 Å². The van der Waals surface area contributed by atoms with Gasteiger partial charge in [-0.25, -0.2) is 4.79 Å². The van der Waals surface area contributed by atoms with Crippen molar-refractivity contribution in [1.82, 2.24) is 4.90 Å². The zero-order chi connectivity index (χ0) is 12.2. The molecule has 0 radical (unpaired) electrons. The summed E-state index contributed by atoms with van der Waals surface area (Å²) in [5, 5.41) is 8.47. The van der Waals surface area contributed by atoms with Gasteiger partial charge in [0.1, 0.15) is 12.2 Å². The first-order chi connectivity index (χ1) is 7.47. The maximum absolute atomic E-state index is 11.5. The van der Waals surface area contributed by atoms with E-state index in [4.69, 9.17) is 15.6 Å². The summed E-state index contributed by atoms with van der Waals surface area (Å²) in [6.07, 6.45) is 1.13. The molecule has 92 valence electrons. The summed E-state index contributed by atoms with van der Waals surface area (Å²) < 4.78 is 5.19. The van der Waals surface area contributed by atoms with Gasteiger partial charge in [-0.2, -0.15) is 0 Å². The van der Waals surface area contributed by atoms with E-state index in [9.17, 15) is 9.59 Å². The van der Waals surface area contributed by atoms with Gasteiger partial charge in [-0.15, -0.1) is 0 Å². The number of ether oxygens (including phenoxy) is 1. The van der Waals surface area contributed by atoms with Crippen LogP contribution < -0.4 is 5.73 Å². The normalized spacial score (nSPS) is 18.0. The number of carbonyl (C=O) groups excluding carboxylic acids is 1. The lowest BCUT2D eigenvalue weighted by atomic mass is 9.96. The average Bonchev–Trinajstić information content (AvgIpc) is 2.19. The van der Waals surface area contributed by atoms with Gasteiger partial charge in [0.15, 0.2) is 0 Å². The Morgan fingerprint density at radius 3 is 2.62 bits per heavy atom. The number of hydrogen-bond donors (Lipinski definition) is 2. The van der Waals surface area contributed by atoms with E-state index >= 15 is 0 Å². The molecule has 0 unspecified atom stereocenters. The van der Waals surface area contributed by atoms with E-state index in [0.717, 1.165) is 0 Å². The summed E-state index contributed by atoms with van der Waals surface area (Å²) in [6.45, 7) is 2.92. The van der Waals surface area contributed by atoms with Crippen LogP contribution in [0.1, 0.15) is 19.8 Å². The van der Waals surface area contributed by atoms with E-state index in [0.29, 0.717) is 32.5 Å². The fourth-order valence-electron chi connectivity index (χ4n) is 1.68. The maximum Gasteiger partial charge on any atom is 0.329 e. The molecule has 1 rings (SSSR count). The topological polar surface area (TPSA) is 92.9 Å². The fraction of sp³-hybridized carbons (Fsp3) is 0.800. The van der Waals surface area contributed by atoms with E-state index in [1.54, 1.807) is 4.90 Å². The lowest BCUT2D eigenvalue weighted by Crippen LogP contribution is -2.63. The van der Waals surface area contributed by atoms with Crippen molar-refractivity contribution < 1.29 is 19.4 Å². The predicted molar refractivity (Wildman–Crippen MR) is 56.9 cm³/mol. The molecule has 1 aliphatic rings. The molecular formula is C10H18N2O4. The van der Waals surface area contributed by atoms with Gasteiger partial charge in [0, 0.05) is 6.42 Å². The highest BCUT2D eigenvalue weighted by molar-refractivity contribution is 5.77. The molecule has 1 fully saturated rings. The quantitative estimate of drug-likeness (QED) is 0.637. The Balaban J connectivity index is 2.24. The highest BCUT2D eigenvalue weighted by Crippen LogP contribution is 2.25. The van der Waals surface area contributed by atoms with E-state index in [2.05, 4.69) is 0 Å². The monoisotopic (exact) mass is 230 g/mol. The summed E-state index contributed by atoms with van der Waals surface area (Å²) in [4.78, 5) is 23.5. The molecule has 6 heteroatoms. The molecule has 0 aromatic rings. The van der Waals surface area contributed by atoms with Gasteiger partial charge in [-0.1, -0.05) is 0 Å². The number of carboxylic acids is 1.